The Morgan fingerprint density at radius 1 is 0.821 bits per heavy atom. The summed E-state index contributed by atoms with van der Waals surface area (Å²) in [5.41, 5.74) is 1.76. The minimum absolute atomic E-state index is 0.0661. The highest BCUT2D eigenvalue weighted by atomic mass is 31.2. The molecule has 0 aromatic heterocycles. The molecule has 7 heteroatoms. The lowest BCUT2D eigenvalue weighted by Gasteiger charge is -2.32. The summed E-state index contributed by atoms with van der Waals surface area (Å²) in [6.07, 6.45) is -0.518. The summed E-state index contributed by atoms with van der Waals surface area (Å²) in [5, 5.41) is 20.5. The fourth-order valence-electron chi connectivity index (χ4n) is 3.05. The predicted molar refractivity (Wildman–Crippen MR) is 113 cm³/mol. The Balaban J connectivity index is 2.78. The first-order valence-corrected chi connectivity index (χ1v) is 10.9. The first kappa shape index (κ1) is 22.3. The summed E-state index contributed by atoms with van der Waals surface area (Å²) in [4.78, 5) is 20.8. The van der Waals surface area contributed by atoms with Crippen LogP contribution in [0, 0.1) is 0 Å². The van der Waals surface area contributed by atoms with E-state index in [1.54, 1.807) is 24.3 Å². The van der Waals surface area contributed by atoms with Crippen molar-refractivity contribution in [3.8, 4) is 11.5 Å². The van der Waals surface area contributed by atoms with Crippen LogP contribution in [0.3, 0.4) is 0 Å². The van der Waals surface area contributed by atoms with Crippen LogP contribution in [0.2, 0.25) is 0 Å². The number of rotatable bonds is 4. The molecule has 6 nitrogen and oxygen atoms in total. The van der Waals surface area contributed by atoms with Crippen LogP contribution in [0.1, 0.15) is 52.7 Å². The van der Waals surface area contributed by atoms with Gasteiger partial charge in [-0.3, -0.25) is 4.57 Å². The van der Waals surface area contributed by atoms with Crippen LogP contribution in [0.25, 0.3) is 0 Å². The van der Waals surface area contributed by atoms with Crippen LogP contribution in [-0.4, -0.2) is 26.3 Å². The van der Waals surface area contributed by atoms with Crippen LogP contribution in [0.4, 0.5) is 11.4 Å². The minimum atomic E-state index is -4.39. The second kappa shape index (κ2) is 7.43. The lowest BCUT2D eigenvalue weighted by Crippen LogP contribution is -2.22. The standard InChI is InChI=1S/C21H30NO5P/c1-20(2,3)17-11-15(12-18(19(17)24)21(4,5)6)22(13-28(25,26)27)14-7-9-16(23)10-8-14/h7-12,23-24H,13H2,1-6H3,(H2,25,26,27). The molecule has 0 atom stereocenters. The average molecular weight is 407 g/mol. The highest BCUT2D eigenvalue weighted by Gasteiger charge is 2.29. The van der Waals surface area contributed by atoms with E-state index in [2.05, 4.69) is 0 Å². The first-order chi connectivity index (χ1) is 12.6. The van der Waals surface area contributed by atoms with Gasteiger partial charge in [0.1, 0.15) is 17.8 Å². The number of benzene rings is 2. The third-order valence-electron chi connectivity index (χ3n) is 4.51. The normalized spacial score (nSPS) is 12.9. The van der Waals surface area contributed by atoms with Gasteiger partial charge in [-0.2, -0.15) is 0 Å². The largest absolute Gasteiger partial charge is 0.508 e. The van der Waals surface area contributed by atoms with Gasteiger partial charge in [0.05, 0.1) is 0 Å². The molecule has 0 spiro atoms. The van der Waals surface area contributed by atoms with Gasteiger partial charge in [-0.15, -0.1) is 0 Å². The molecule has 2 rings (SSSR count). The van der Waals surface area contributed by atoms with E-state index < -0.39 is 13.9 Å². The van der Waals surface area contributed by atoms with E-state index in [0.29, 0.717) is 22.5 Å². The molecule has 0 saturated heterocycles. The lowest BCUT2D eigenvalue weighted by atomic mass is 9.79. The molecule has 0 unspecified atom stereocenters. The molecule has 0 radical (unpaired) electrons. The van der Waals surface area contributed by atoms with Crippen molar-refractivity contribution in [1.82, 2.24) is 0 Å². The Hall–Kier alpha value is -2.01. The molecule has 0 aliphatic rings. The van der Waals surface area contributed by atoms with Crippen molar-refractivity contribution in [1.29, 1.82) is 0 Å². The summed E-state index contributed by atoms with van der Waals surface area (Å²) in [6.45, 7) is 11.9. The van der Waals surface area contributed by atoms with Crippen molar-refractivity contribution in [2.24, 2.45) is 0 Å². The third-order valence-corrected chi connectivity index (χ3v) is 5.16. The number of phenols is 2. The van der Waals surface area contributed by atoms with Crippen LogP contribution >= 0.6 is 7.60 Å². The van der Waals surface area contributed by atoms with Gasteiger partial charge in [-0.25, -0.2) is 0 Å². The van der Waals surface area contributed by atoms with Crippen LogP contribution in [0.15, 0.2) is 36.4 Å². The Bertz CT molecular complexity index is 853. The molecule has 28 heavy (non-hydrogen) atoms. The molecule has 0 fully saturated rings. The smallest absolute Gasteiger partial charge is 0.345 e. The van der Waals surface area contributed by atoms with Crippen molar-refractivity contribution in [2.75, 3.05) is 11.2 Å². The monoisotopic (exact) mass is 407 g/mol. The number of anilines is 2. The van der Waals surface area contributed by atoms with Crippen molar-refractivity contribution < 1.29 is 24.6 Å². The predicted octanol–water partition coefficient (Wildman–Crippen LogP) is 4.97. The van der Waals surface area contributed by atoms with Crippen LogP contribution in [-0.2, 0) is 15.4 Å². The molecule has 154 valence electrons. The zero-order valence-electron chi connectivity index (χ0n) is 17.3. The van der Waals surface area contributed by atoms with E-state index in [0.717, 1.165) is 0 Å². The van der Waals surface area contributed by atoms with Gasteiger partial charge in [0.15, 0.2) is 0 Å². The first-order valence-electron chi connectivity index (χ1n) is 9.09. The third kappa shape index (κ3) is 5.28. The SMILES string of the molecule is CC(C)(C)c1cc(N(CP(=O)(O)O)c2ccc(O)cc2)cc(C(C)(C)C)c1O. The van der Waals surface area contributed by atoms with Crippen molar-refractivity contribution >= 4 is 19.0 Å². The molecule has 2 aromatic carbocycles. The molecule has 0 amide bonds. The van der Waals surface area contributed by atoms with E-state index in [9.17, 15) is 24.6 Å². The van der Waals surface area contributed by atoms with Gasteiger partial charge in [0.2, 0.25) is 0 Å². The van der Waals surface area contributed by atoms with Gasteiger partial charge in [0, 0.05) is 22.5 Å². The number of hydrogen-bond acceptors (Lipinski definition) is 4. The molecular formula is C21H30NO5P. The van der Waals surface area contributed by atoms with Gasteiger partial charge >= 0.3 is 7.60 Å². The quantitative estimate of drug-likeness (QED) is 0.534. The van der Waals surface area contributed by atoms with Gasteiger partial charge in [0.25, 0.3) is 0 Å². The second-order valence-electron chi connectivity index (χ2n) is 9.14. The van der Waals surface area contributed by atoms with Gasteiger partial charge < -0.3 is 24.9 Å². The molecule has 0 aliphatic carbocycles. The number of aromatic hydroxyl groups is 2. The highest BCUT2D eigenvalue weighted by molar-refractivity contribution is 7.51. The van der Waals surface area contributed by atoms with E-state index >= 15 is 0 Å². The number of hydrogen-bond donors (Lipinski definition) is 4. The Morgan fingerprint density at radius 3 is 1.61 bits per heavy atom. The fourth-order valence-corrected chi connectivity index (χ4v) is 3.74. The summed E-state index contributed by atoms with van der Waals surface area (Å²) < 4.78 is 11.8. The average Bonchev–Trinajstić information content (AvgIpc) is 2.51. The molecular weight excluding hydrogens is 377 g/mol. The lowest BCUT2D eigenvalue weighted by molar-refractivity contribution is 0.373. The Labute approximate surface area is 166 Å². The van der Waals surface area contributed by atoms with E-state index in [-0.39, 0.29) is 22.3 Å². The van der Waals surface area contributed by atoms with Crippen LogP contribution in [0.5, 0.6) is 11.5 Å². The zero-order valence-corrected chi connectivity index (χ0v) is 18.2. The van der Waals surface area contributed by atoms with E-state index in [1.807, 2.05) is 41.5 Å². The Kier molecular flexibility index (Phi) is 5.91. The molecule has 0 aliphatic heterocycles. The van der Waals surface area contributed by atoms with E-state index in [4.69, 9.17) is 0 Å². The molecule has 4 N–H and O–H groups in total. The summed E-state index contributed by atoms with van der Waals surface area (Å²) in [5.74, 6) is 0.266. The van der Waals surface area contributed by atoms with Gasteiger partial charge in [-0.05, 0) is 47.2 Å². The highest BCUT2D eigenvalue weighted by Crippen LogP contribution is 2.46. The maximum absolute atomic E-state index is 11.8. The maximum Gasteiger partial charge on any atom is 0.345 e. The van der Waals surface area contributed by atoms with Gasteiger partial charge in [-0.1, -0.05) is 41.5 Å². The Morgan fingerprint density at radius 2 is 1.25 bits per heavy atom. The summed E-state index contributed by atoms with van der Waals surface area (Å²) >= 11 is 0. The van der Waals surface area contributed by atoms with Crippen molar-refractivity contribution in [3.63, 3.8) is 0 Å². The molecule has 0 heterocycles. The molecule has 2 aromatic rings. The zero-order chi connectivity index (χ0) is 21.5. The topological polar surface area (TPSA) is 101 Å². The van der Waals surface area contributed by atoms with Crippen LogP contribution < -0.4 is 4.90 Å². The summed E-state index contributed by atoms with van der Waals surface area (Å²) in [6, 6.07) is 9.69. The number of phenolic OH excluding ortho intramolecular Hbond substituents is 2. The fraction of sp³-hybridized carbons (Fsp3) is 0.429. The van der Waals surface area contributed by atoms with Crippen molar-refractivity contribution in [3.05, 3.63) is 47.5 Å². The minimum Gasteiger partial charge on any atom is -0.508 e. The van der Waals surface area contributed by atoms with E-state index in [1.165, 1.54) is 17.0 Å². The maximum atomic E-state index is 11.8. The van der Waals surface area contributed by atoms with Crippen molar-refractivity contribution in [2.45, 2.75) is 52.4 Å². The molecule has 0 saturated carbocycles. The second-order valence-corrected chi connectivity index (χ2v) is 10.8. The summed E-state index contributed by atoms with van der Waals surface area (Å²) in [7, 11) is -4.39. The molecule has 0 bridgehead atoms. The number of nitrogens with zero attached hydrogens (tertiary/aromatic N) is 1.